The van der Waals surface area contributed by atoms with E-state index in [1.165, 1.54) is 13.5 Å². The Morgan fingerprint density at radius 2 is 1.56 bits per heavy atom. The molecular weight excluding hydrogens is 830 g/mol. The lowest BCUT2D eigenvalue weighted by molar-refractivity contribution is -0.689. The summed E-state index contributed by atoms with van der Waals surface area (Å²) in [6.07, 6.45) is 20.8. The van der Waals surface area contributed by atoms with Gasteiger partial charge < -0.3 is 48.2 Å². The largest absolute Gasteiger partial charge is 1.00 e. The van der Waals surface area contributed by atoms with Gasteiger partial charge >= 0.3 is 17.9 Å². The summed E-state index contributed by atoms with van der Waals surface area (Å²) >= 11 is 0. The minimum Gasteiger partial charge on any atom is -1.00 e. The molecule has 6 aliphatic rings. The molecule has 3 aromatic rings. The molecule has 3 aromatic heterocycles. The number of hydrogen-bond acceptors (Lipinski definition) is 7. The van der Waals surface area contributed by atoms with Crippen molar-refractivity contribution in [2.75, 3.05) is 7.11 Å². The second-order valence-corrected chi connectivity index (χ2v) is 17.5. The minimum absolute atomic E-state index is 0. The van der Waals surface area contributed by atoms with Crippen LogP contribution >= 0.6 is 0 Å². The Bertz CT molecular complexity index is 1850. The highest BCUT2D eigenvalue weighted by Crippen LogP contribution is 2.69. The SMILES string of the molecule is COC(=O)CC[C@@H](C)[C@H]1CC[C@H]2[C@@H]3CC[C@@H]4C[C@H]5CC[C@]4(C)[C@H]3C[C@H](OC(=O)Cn3cc[n+](c3)Cc3cccc(n3)C[n+]3ccn(c3)CC(=O)O5)[C@]12C.[Br-].[Br-]. The number of pyridine rings is 1. The molecule has 13 heteroatoms. The molecule has 0 unspecified atom stereocenters. The van der Waals surface area contributed by atoms with Gasteiger partial charge in [-0.1, -0.05) is 26.8 Å². The van der Waals surface area contributed by atoms with Crippen LogP contribution in [-0.4, -0.2) is 51.3 Å². The molecule has 0 aromatic carbocycles. The number of imidazole rings is 2. The van der Waals surface area contributed by atoms with Crippen molar-refractivity contribution in [2.24, 2.45) is 46.3 Å². The Labute approximate surface area is 346 Å². The summed E-state index contributed by atoms with van der Waals surface area (Å²) in [6.45, 7) is 8.68. The van der Waals surface area contributed by atoms with E-state index in [0.717, 1.165) is 62.8 Å². The van der Waals surface area contributed by atoms with Gasteiger partial charge in [-0.05, 0) is 111 Å². The first-order valence-electron chi connectivity index (χ1n) is 20.0. The monoisotopic (exact) mass is 885 g/mol. The van der Waals surface area contributed by atoms with E-state index in [4.69, 9.17) is 19.2 Å². The van der Waals surface area contributed by atoms with E-state index in [9.17, 15) is 14.4 Å². The van der Waals surface area contributed by atoms with Crippen molar-refractivity contribution in [1.82, 2.24) is 14.1 Å². The number of fused-ring (bicyclic) bond motifs is 7. The summed E-state index contributed by atoms with van der Waals surface area (Å²) in [6, 6.07) is 6.04. The number of hydrogen-bond donors (Lipinski definition) is 0. The quantitative estimate of drug-likeness (QED) is 0.189. The molecule has 10 atom stereocenters. The maximum atomic E-state index is 14.0. The number of methoxy groups -OCH3 is 1. The molecule has 11 bridgehead atoms. The van der Waals surface area contributed by atoms with Crippen molar-refractivity contribution in [2.45, 2.75) is 123 Å². The predicted octanol–water partition coefficient (Wildman–Crippen LogP) is -0.940. The fourth-order valence-electron chi connectivity index (χ4n) is 12.1. The summed E-state index contributed by atoms with van der Waals surface area (Å²) in [5, 5.41) is 0. The van der Waals surface area contributed by atoms with Crippen LogP contribution in [0.3, 0.4) is 0 Å². The number of ether oxygens (including phenoxy) is 3. The van der Waals surface area contributed by atoms with Crippen LogP contribution in [0.5, 0.6) is 0 Å². The fraction of sp³-hybridized carbons (Fsp3) is 0.667. The van der Waals surface area contributed by atoms with Gasteiger partial charge in [0.05, 0.1) is 18.5 Å². The molecule has 0 radical (unpaired) electrons. The van der Waals surface area contributed by atoms with E-state index >= 15 is 0 Å². The zero-order valence-corrected chi connectivity index (χ0v) is 35.8. The third-order valence-electron chi connectivity index (χ3n) is 14.7. The Hall–Kier alpha value is -3.06. The molecule has 4 fully saturated rings. The molecule has 4 aliphatic carbocycles. The minimum atomic E-state index is -0.204. The van der Waals surface area contributed by atoms with Gasteiger partial charge in [0, 0.05) is 11.8 Å². The lowest BCUT2D eigenvalue weighted by atomic mass is 9.43. The van der Waals surface area contributed by atoms with Crippen molar-refractivity contribution in [3.05, 3.63) is 67.0 Å². The van der Waals surface area contributed by atoms with Gasteiger partial charge in [0.2, 0.25) is 12.7 Å². The van der Waals surface area contributed by atoms with Crippen molar-refractivity contribution in [3.63, 3.8) is 0 Å². The molecule has 0 amide bonds. The average Bonchev–Trinajstić information content (AvgIpc) is 3.86. The molecule has 11 nitrogen and oxygen atoms in total. The van der Waals surface area contributed by atoms with E-state index in [1.54, 1.807) is 0 Å². The van der Waals surface area contributed by atoms with Gasteiger partial charge in [0.25, 0.3) is 0 Å². The normalized spacial score (nSPS) is 33.5. The first-order chi connectivity index (χ1) is 25.5. The van der Waals surface area contributed by atoms with Crippen molar-refractivity contribution in [1.29, 1.82) is 0 Å². The number of rotatable bonds is 4. The highest BCUT2D eigenvalue weighted by atomic mass is 79.9. The van der Waals surface area contributed by atoms with E-state index in [2.05, 4.69) is 20.8 Å². The Kier molecular flexibility index (Phi) is 12.7. The number of carbonyl (C=O) groups is 3. The van der Waals surface area contributed by atoms with E-state index in [-0.39, 0.29) is 88.0 Å². The Morgan fingerprint density at radius 3 is 2.22 bits per heavy atom. The predicted molar refractivity (Wildman–Crippen MR) is 192 cm³/mol. The Morgan fingerprint density at radius 1 is 0.909 bits per heavy atom. The number of nitrogens with zero attached hydrogens (tertiary/aromatic N) is 5. The van der Waals surface area contributed by atoms with Crippen LogP contribution in [0, 0.1) is 46.3 Å². The Balaban J connectivity index is 0.00000257. The van der Waals surface area contributed by atoms with Gasteiger partial charge in [0.1, 0.15) is 50.1 Å². The highest BCUT2D eigenvalue weighted by Gasteiger charge is 2.65. The zero-order chi connectivity index (χ0) is 36.9. The first kappa shape index (κ1) is 41.6. The lowest BCUT2D eigenvalue weighted by Gasteiger charge is -2.62. The number of halogens is 2. The third kappa shape index (κ3) is 8.21. The van der Waals surface area contributed by atoms with Crippen molar-refractivity contribution in [3.8, 4) is 0 Å². The summed E-state index contributed by atoms with van der Waals surface area (Å²) < 4.78 is 25.8. The fourth-order valence-corrected chi connectivity index (χ4v) is 12.1. The first-order valence-corrected chi connectivity index (χ1v) is 20.0. The summed E-state index contributed by atoms with van der Waals surface area (Å²) in [5.74, 6) is 2.05. The topological polar surface area (TPSA) is 109 Å². The number of carbonyl (C=O) groups excluding carboxylic acids is 3. The maximum Gasteiger partial charge on any atom is 0.348 e. The molecule has 0 N–H and O–H groups in total. The van der Waals surface area contributed by atoms with Gasteiger partial charge in [-0.2, -0.15) is 0 Å². The summed E-state index contributed by atoms with van der Waals surface area (Å²) in [7, 11) is 1.46. The second kappa shape index (κ2) is 16.8. The van der Waals surface area contributed by atoms with Crippen LogP contribution in [-0.2, 0) is 54.8 Å². The van der Waals surface area contributed by atoms with Crippen molar-refractivity contribution < 1.29 is 71.7 Å². The van der Waals surface area contributed by atoms with Crippen LogP contribution in [0.1, 0.15) is 96.4 Å². The molecule has 55 heavy (non-hydrogen) atoms. The highest BCUT2D eigenvalue weighted by molar-refractivity contribution is 5.70. The van der Waals surface area contributed by atoms with Crippen LogP contribution in [0.4, 0.5) is 0 Å². The van der Waals surface area contributed by atoms with Crippen molar-refractivity contribution >= 4 is 17.9 Å². The summed E-state index contributed by atoms with van der Waals surface area (Å²) in [5.41, 5.74) is 1.77. The average molecular weight is 888 g/mol. The van der Waals surface area contributed by atoms with Crippen LogP contribution in [0.2, 0.25) is 0 Å². The molecule has 300 valence electrons. The van der Waals surface area contributed by atoms with E-state index in [1.807, 2.05) is 73.9 Å². The van der Waals surface area contributed by atoms with Gasteiger partial charge in [0.15, 0.2) is 13.1 Å². The van der Waals surface area contributed by atoms with Gasteiger partial charge in [-0.25, -0.2) is 32.8 Å². The van der Waals surface area contributed by atoms with Crippen LogP contribution < -0.4 is 43.1 Å². The smallest absolute Gasteiger partial charge is 0.348 e. The number of esters is 3. The molecule has 4 saturated carbocycles. The third-order valence-corrected chi connectivity index (χ3v) is 14.7. The second-order valence-electron chi connectivity index (χ2n) is 17.5. The molecule has 0 saturated heterocycles. The molecular formula is C42H57Br2N5O6. The lowest BCUT2D eigenvalue weighted by Crippen LogP contribution is -3.00. The van der Waals surface area contributed by atoms with E-state index < -0.39 is 0 Å². The maximum absolute atomic E-state index is 14.0. The van der Waals surface area contributed by atoms with Gasteiger partial charge in [-0.15, -0.1) is 0 Å². The molecule has 0 spiro atoms. The standard InChI is InChI=1S/C42H57N5O6.2BrH/c1-28(8-13-38(48)51-4)34-11-12-35-33-10-9-29-20-32-14-15-41(29,2)36(33)21-37(42(34,35)3)53-40(50)25-47-19-17-45(27-47)23-31-7-5-6-30(43-31)22-44-16-18-46(26-44)24-39(49)52-32;;/h5-7,16-19,26-29,32-37H,8-15,20-25H2,1-4H3;2*1H/q+2;;/p-2/t28-,29-,32-,33+,34-,35+,36+,37+,41+,42-;;/m1../s1. The summed E-state index contributed by atoms with van der Waals surface area (Å²) in [4.78, 5) is 44.3. The zero-order valence-electron chi connectivity index (χ0n) is 32.7. The van der Waals surface area contributed by atoms with Crippen LogP contribution in [0.15, 0.2) is 55.6 Å². The molecule has 9 rings (SSSR count). The van der Waals surface area contributed by atoms with Crippen LogP contribution in [0.25, 0.3) is 0 Å². The molecule has 5 heterocycles. The van der Waals surface area contributed by atoms with E-state index in [0.29, 0.717) is 55.0 Å². The number of aromatic nitrogens is 5. The molecule has 2 aliphatic heterocycles. The van der Waals surface area contributed by atoms with Gasteiger partial charge in [-0.3, -0.25) is 4.79 Å².